The summed E-state index contributed by atoms with van der Waals surface area (Å²) in [5.74, 6) is -0.238. The smallest absolute Gasteiger partial charge is 0.261 e. The molecule has 5 nitrogen and oxygen atoms in total. The van der Waals surface area contributed by atoms with Gasteiger partial charge in [0.1, 0.15) is 5.01 Å². The first-order valence-corrected chi connectivity index (χ1v) is 11.3. The van der Waals surface area contributed by atoms with Crippen molar-refractivity contribution in [2.24, 2.45) is 5.92 Å². The van der Waals surface area contributed by atoms with Gasteiger partial charge in [0, 0.05) is 18.2 Å². The second kappa shape index (κ2) is 8.77. The van der Waals surface area contributed by atoms with Crippen molar-refractivity contribution in [3.63, 3.8) is 0 Å². The van der Waals surface area contributed by atoms with Crippen molar-refractivity contribution in [1.82, 2.24) is 10.3 Å². The molecule has 0 unspecified atom stereocenters. The number of nitrogens with one attached hydrogen (secondary N) is 2. The van der Waals surface area contributed by atoms with Gasteiger partial charge >= 0.3 is 0 Å². The molecule has 2 amide bonds. The van der Waals surface area contributed by atoms with Crippen LogP contribution in [0.25, 0.3) is 20.1 Å². The average molecular weight is 436 g/mol. The maximum atomic E-state index is 12.6. The predicted octanol–water partition coefficient (Wildman–Crippen LogP) is 5.55. The number of carbonyl (C=O) groups excluding carboxylic acids is 2. The van der Waals surface area contributed by atoms with Gasteiger partial charge in [-0.05, 0) is 42.0 Å². The van der Waals surface area contributed by atoms with Crippen LogP contribution < -0.4 is 10.6 Å². The van der Waals surface area contributed by atoms with E-state index in [2.05, 4.69) is 21.7 Å². The summed E-state index contributed by atoms with van der Waals surface area (Å²) in [5.41, 5.74) is 2.63. The first kappa shape index (κ1) is 20.3. The van der Waals surface area contributed by atoms with Crippen molar-refractivity contribution >= 4 is 50.4 Å². The van der Waals surface area contributed by atoms with Crippen LogP contribution >= 0.6 is 22.7 Å². The Morgan fingerprint density at radius 3 is 2.63 bits per heavy atom. The highest BCUT2D eigenvalue weighted by Crippen LogP contribution is 2.34. The number of anilines is 1. The number of rotatable bonds is 6. The van der Waals surface area contributed by atoms with Crippen LogP contribution in [0, 0.1) is 5.92 Å². The molecule has 0 bridgehead atoms. The molecule has 7 heteroatoms. The molecule has 0 radical (unpaired) electrons. The zero-order chi connectivity index (χ0) is 21.1. The van der Waals surface area contributed by atoms with Crippen molar-refractivity contribution in [3.05, 3.63) is 71.1 Å². The molecule has 0 spiro atoms. The molecule has 0 aliphatic heterocycles. The topological polar surface area (TPSA) is 71.1 Å². The number of benzene rings is 2. The Morgan fingerprint density at radius 2 is 1.83 bits per heavy atom. The van der Waals surface area contributed by atoms with E-state index in [0.29, 0.717) is 11.4 Å². The maximum absolute atomic E-state index is 12.6. The minimum Gasteiger partial charge on any atom is -0.347 e. The van der Waals surface area contributed by atoms with Crippen molar-refractivity contribution in [2.75, 3.05) is 5.32 Å². The lowest BCUT2D eigenvalue weighted by Gasteiger charge is -2.10. The summed E-state index contributed by atoms with van der Waals surface area (Å²) in [7, 11) is 0. The van der Waals surface area contributed by atoms with Gasteiger partial charge in [0.25, 0.3) is 5.91 Å². The number of carbonyl (C=O) groups is 2. The Hall–Kier alpha value is -3.03. The number of nitrogens with zero attached hydrogens (tertiary/aromatic N) is 1. The zero-order valence-electron chi connectivity index (χ0n) is 16.6. The SMILES string of the molecule is CC(C)C(=O)Nc1cccc(CNC(=O)c2ccc(-c3nc4ccccc4s3)s2)c1. The van der Waals surface area contributed by atoms with Gasteiger partial charge in [0.15, 0.2) is 0 Å². The van der Waals surface area contributed by atoms with E-state index in [4.69, 9.17) is 0 Å². The monoisotopic (exact) mass is 435 g/mol. The van der Waals surface area contributed by atoms with Crippen LogP contribution in [0.5, 0.6) is 0 Å². The molecular weight excluding hydrogens is 414 g/mol. The van der Waals surface area contributed by atoms with Gasteiger partial charge in [0.2, 0.25) is 5.91 Å². The normalized spacial score (nSPS) is 11.0. The third-order valence-electron chi connectivity index (χ3n) is 4.51. The Balaban J connectivity index is 1.41. The van der Waals surface area contributed by atoms with Crippen LogP contribution in [0.1, 0.15) is 29.1 Å². The number of aromatic nitrogens is 1. The highest BCUT2D eigenvalue weighted by Gasteiger charge is 2.13. The van der Waals surface area contributed by atoms with Crippen LogP contribution in [-0.2, 0) is 11.3 Å². The minimum absolute atomic E-state index is 0.0304. The van der Waals surface area contributed by atoms with Gasteiger partial charge in [-0.15, -0.1) is 22.7 Å². The largest absolute Gasteiger partial charge is 0.347 e. The highest BCUT2D eigenvalue weighted by atomic mass is 32.1. The fourth-order valence-corrected chi connectivity index (χ4v) is 4.81. The highest BCUT2D eigenvalue weighted by molar-refractivity contribution is 7.26. The third-order valence-corrected chi connectivity index (χ3v) is 6.80. The van der Waals surface area contributed by atoms with Gasteiger partial charge in [0.05, 0.1) is 20.0 Å². The zero-order valence-corrected chi connectivity index (χ0v) is 18.3. The molecule has 0 fully saturated rings. The summed E-state index contributed by atoms with van der Waals surface area (Å²) in [4.78, 5) is 30.8. The number of thiazole rings is 1. The van der Waals surface area contributed by atoms with Crippen molar-refractivity contribution < 1.29 is 9.59 Å². The molecule has 0 atom stereocenters. The second-order valence-corrected chi connectivity index (χ2v) is 9.29. The fourth-order valence-electron chi connectivity index (χ4n) is 2.87. The fraction of sp³-hybridized carbons (Fsp3) is 0.174. The molecular formula is C23H21N3O2S2. The molecule has 2 N–H and O–H groups in total. The van der Waals surface area contributed by atoms with E-state index in [1.165, 1.54) is 11.3 Å². The summed E-state index contributed by atoms with van der Waals surface area (Å²) < 4.78 is 1.14. The summed E-state index contributed by atoms with van der Waals surface area (Å²) in [6.07, 6.45) is 0. The van der Waals surface area contributed by atoms with Crippen molar-refractivity contribution in [1.29, 1.82) is 0 Å². The van der Waals surface area contributed by atoms with Crippen LogP contribution in [0.15, 0.2) is 60.7 Å². The third kappa shape index (κ3) is 4.58. The number of hydrogen-bond donors (Lipinski definition) is 2. The maximum Gasteiger partial charge on any atom is 0.261 e. The molecule has 152 valence electrons. The minimum atomic E-state index is -0.121. The van der Waals surface area contributed by atoms with Crippen molar-refractivity contribution in [2.45, 2.75) is 20.4 Å². The second-order valence-electron chi connectivity index (χ2n) is 7.18. The Kier molecular flexibility index (Phi) is 5.92. The molecule has 0 aliphatic carbocycles. The van der Waals surface area contributed by atoms with Gasteiger partial charge in [-0.2, -0.15) is 0 Å². The van der Waals surface area contributed by atoms with E-state index in [9.17, 15) is 9.59 Å². The first-order chi connectivity index (χ1) is 14.5. The van der Waals surface area contributed by atoms with E-state index in [0.717, 1.165) is 31.4 Å². The molecule has 30 heavy (non-hydrogen) atoms. The summed E-state index contributed by atoms with van der Waals surface area (Å²) in [5, 5.41) is 6.75. The van der Waals surface area contributed by atoms with E-state index >= 15 is 0 Å². The summed E-state index contributed by atoms with van der Waals surface area (Å²) in [6.45, 7) is 4.09. The van der Waals surface area contributed by atoms with Gasteiger partial charge < -0.3 is 10.6 Å². The molecule has 2 heterocycles. The van der Waals surface area contributed by atoms with E-state index in [1.807, 2.05) is 68.4 Å². The first-order valence-electron chi connectivity index (χ1n) is 9.63. The molecule has 0 aliphatic rings. The lowest BCUT2D eigenvalue weighted by Crippen LogP contribution is -2.22. The number of thiophene rings is 1. The van der Waals surface area contributed by atoms with Crippen LogP contribution in [-0.4, -0.2) is 16.8 Å². The Morgan fingerprint density at radius 1 is 1.00 bits per heavy atom. The average Bonchev–Trinajstić information content (AvgIpc) is 3.39. The van der Waals surface area contributed by atoms with Gasteiger partial charge in [-0.1, -0.05) is 38.1 Å². The molecule has 2 aromatic heterocycles. The van der Waals surface area contributed by atoms with E-state index in [-0.39, 0.29) is 17.7 Å². The van der Waals surface area contributed by atoms with E-state index < -0.39 is 0 Å². The Bertz CT molecular complexity index is 1180. The predicted molar refractivity (Wildman–Crippen MR) is 124 cm³/mol. The number of amides is 2. The quantitative estimate of drug-likeness (QED) is 0.417. The molecule has 2 aromatic carbocycles. The van der Waals surface area contributed by atoms with Gasteiger partial charge in [-0.3, -0.25) is 9.59 Å². The standard InChI is InChI=1S/C23H21N3O2S2/c1-14(2)21(27)25-16-7-5-6-15(12-16)13-24-22(28)19-10-11-20(29-19)23-26-17-8-3-4-9-18(17)30-23/h3-12,14H,13H2,1-2H3,(H,24,28)(H,25,27). The summed E-state index contributed by atoms with van der Waals surface area (Å²) in [6, 6.07) is 19.3. The van der Waals surface area contributed by atoms with E-state index in [1.54, 1.807) is 11.3 Å². The molecule has 0 saturated carbocycles. The molecule has 0 saturated heterocycles. The molecule has 4 aromatic rings. The van der Waals surface area contributed by atoms with Crippen molar-refractivity contribution in [3.8, 4) is 9.88 Å². The number of hydrogen-bond acceptors (Lipinski definition) is 5. The van der Waals surface area contributed by atoms with Crippen LogP contribution in [0.3, 0.4) is 0 Å². The lowest BCUT2D eigenvalue weighted by atomic mass is 10.1. The Labute approximate surface area is 182 Å². The number of fused-ring (bicyclic) bond motifs is 1. The summed E-state index contributed by atoms with van der Waals surface area (Å²) >= 11 is 3.07. The van der Waals surface area contributed by atoms with Gasteiger partial charge in [-0.25, -0.2) is 4.98 Å². The van der Waals surface area contributed by atoms with Crippen LogP contribution in [0.4, 0.5) is 5.69 Å². The van der Waals surface area contributed by atoms with Crippen LogP contribution in [0.2, 0.25) is 0 Å². The lowest BCUT2D eigenvalue weighted by molar-refractivity contribution is -0.118. The molecule has 4 rings (SSSR count). The number of para-hydroxylation sites is 1.